The molecule has 0 aromatic heterocycles. The van der Waals surface area contributed by atoms with Crippen molar-refractivity contribution in [3.63, 3.8) is 0 Å². The fraction of sp³-hybridized carbons (Fsp3) is 0.300. The third-order valence-electron chi connectivity index (χ3n) is 4.36. The predicted molar refractivity (Wildman–Crippen MR) is 100 cm³/mol. The number of anilines is 1. The van der Waals surface area contributed by atoms with Crippen LogP contribution in [0.25, 0.3) is 0 Å². The molecule has 1 aliphatic heterocycles. The summed E-state index contributed by atoms with van der Waals surface area (Å²) in [7, 11) is 0. The minimum Gasteiger partial charge on any atom is -0.385 e. The van der Waals surface area contributed by atoms with E-state index in [1.165, 1.54) is 4.90 Å². The zero-order valence-electron chi connectivity index (χ0n) is 14.0. The van der Waals surface area contributed by atoms with E-state index in [2.05, 4.69) is 5.32 Å². The smallest absolute Gasteiger partial charge is 0.261 e. The third-order valence-corrected chi connectivity index (χ3v) is 4.61. The molecule has 0 saturated heterocycles. The molecule has 4 nitrogen and oxygen atoms in total. The van der Waals surface area contributed by atoms with Crippen molar-refractivity contribution in [2.45, 2.75) is 25.7 Å². The van der Waals surface area contributed by atoms with Gasteiger partial charge in [0.1, 0.15) is 0 Å². The summed E-state index contributed by atoms with van der Waals surface area (Å²) in [4.78, 5) is 25.9. The zero-order valence-corrected chi connectivity index (χ0v) is 14.8. The fourth-order valence-corrected chi connectivity index (χ4v) is 3.12. The van der Waals surface area contributed by atoms with Crippen molar-refractivity contribution in [2.75, 3.05) is 18.4 Å². The maximum absolute atomic E-state index is 12.2. The van der Waals surface area contributed by atoms with Crippen LogP contribution in [0.15, 0.2) is 48.5 Å². The van der Waals surface area contributed by atoms with Gasteiger partial charge in [0.25, 0.3) is 11.8 Å². The van der Waals surface area contributed by atoms with Gasteiger partial charge >= 0.3 is 0 Å². The molecule has 2 amide bonds. The van der Waals surface area contributed by atoms with Gasteiger partial charge in [-0.1, -0.05) is 36.6 Å². The van der Waals surface area contributed by atoms with Gasteiger partial charge in [0, 0.05) is 23.8 Å². The molecule has 130 valence electrons. The van der Waals surface area contributed by atoms with Crippen LogP contribution in [0.5, 0.6) is 0 Å². The molecule has 3 rings (SSSR count). The quantitative estimate of drug-likeness (QED) is 0.555. The highest BCUT2D eigenvalue weighted by Crippen LogP contribution is 2.22. The van der Waals surface area contributed by atoms with E-state index in [4.69, 9.17) is 11.6 Å². The summed E-state index contributed by atoms with van der Waals surface area (Å²) in [5, 5.41) is 4.09. The Morgan fingerprint density at radius 2 is 1.40 bits per heavy atom. The second-order valence-electron chi connectivity index (χ2n) is 6.16. The first-order chi connectivity index (χ1) is 12.2. The Kier molecular flexibility index (Phi) is 5.71. The molecule has 2 aromatic rings. The molecule has 0 aliphatic carbocycles. The van der Waals surface area contributed by atoms with E-state index in [9.17, 15) is 9.59 Å². The van der Waals surface area contributed by atoms with Crippen LogP contribution in [0.1, 0.15) is 46.4 Å². The number of fused-ring (bicyclic) bond motifs is 1. The van der Waals surface area contributed by atoms with E-state index in [1.807, 2.05) is 24.3 Å². The average molecular weight is 357 g/mol. The molecule has 5 heteroatoms. The minimum atomic E-state index is -0.162. The van der Waals surface area contributed by atoms with Gasteiger partial charge in [-0.15, -0.1) is 0 Å². The summed E-state index contributed by atoms with van der Waals surface area (Å²) in [6, 6.07) is 14.7. The number of imide groups is 1. The van der Waals surface area contributed by atoms with Crippen molar-refractivity contribution < 1.29 is 9.59 Å². The van der Waals surface area contributed by atoms with Crippen molar-refractivity contribution in [3.05, 3.63) is 64.7 Å². The van der Waals surface area contributed by atoms with Crippen LogP contribution in [0, 0.1) is 0 Å². The first-order valence-corrected chi connectivity index (χ1v) is 8.99. The minimum absolute atomic E-state index is 0.162. The lowest BCUT2D eigenvalue weighted by Gasteiger charge is -2.13. The number of amides is 2. The van der Waals surface area contributed by atoms with Crippen LogP contribution < -0.4 is 5.32 Å². The molecule has 2 aromatic carbocycles. The van der Waals surface area contributed by atoms with Gasteiger partial charge in [-0.25, -0.2) is 0 Å². The van der Waals surface area contributed by atoms with Crippen LogP contribution in [-0.2, 0) is 0 Å². The predicted octanol–water partition coefficient (Wildman–Crippen LogP) is 4.61. The first-order valence-electron chi connectivity index (χ1n) is 8.61. The van der Waals surface area contributed by atoms with Gasteiger partial charge in [0.05, 0.1) is 11.1 Å². The number of hydrogen-bond donors (Lipinski definition) is 1. The number of hydrogen-bond acceptors (Lipinski definition) is 3. The first kappa shape index (κ1) is 17.5. The highest BCUT2D eigenvalue weighted by Gasteiger charge is 2.34. The topological polar surface area (TPSA) is 49.4 Å². The Morgan fingerprint density at radius 3 is 2.04 bits per heavy atom. The van der Waals surface area contributed by atoms with Gasteiger partial charge in [-0.2, -0.15) is 0 Å². The maximum Gasteiger partial charge on any atom is 0.261 e. The lowest BCUT2D eigenvalue weighted by Crippen LogP contribution is -2.30. The molecule has 0 unspecified atom stereocenters. The molecule has 1 heterocycles. The third kappa shape index (κ3) is 4.20. The van der Waals surface area contributed by atoms with E-state index >= 15 is 0 Å². The number of carbonyl (C=O) groups is 2. The highest BCUT2D eigenvalue weighted by atomic mass is 35.5. The molecular formula is C20H21ClN2O2. The number of rotatable bonds is 8. The van der Waals surface area contributed by atoms with E-state index in [1.54, 1.807) is 24.3 Å². The normalized spacial score (nSPS) is 13.2. The van der Waals surface area contributed by atoms with E-state index in [-0.39, 0.29) is 11.8 Å². The van der Waals surface area contributed by atoms with Crippen LogP contribution in [-0.4, -0.2) is 29.8 Å². The van der Waals surface area contributed by atoms with Gasteiger partial charge in [0.2, 0.25) is 0 Å². The molecule has 25 heavy (non-hydrogen) atoms. The number of benzene rings is 2. The summed E-state index contributed by atoms with van der Waals surface area (Å²) in [5.74, 6) is -0.324. The maximum atomic E-state index is 12.2. The standard InChI is InChI=1S/C20H21ClN2O2/c21-15-9-11-16(12-10-15)22-13-5-1-2-6-14-23-19(24)17-7-3-4-8-18(17)20(23)25/h3-4,7-12,22H,1-2,5-6,13-14H2. The Balaban J connectivity index is 1.33. The number of unbranched alkanes of at least 4 members (excludes halogenated alkanes) is 3. The van der Waals surface area contributed by atoms with Crippen molar-refractivity contribution in [1.29, 1.82) is 0 Å². The lowest BCUT2D eigenvalue weighted by atomic mass is 10.1. The van der Waals surface area contributed by atoms with Crippen LogP contribution >= 0.6 is 11.6 Å². The molecule has 0 bridgehead atoms. The summed E-state index contributed by atoms with van der Waals surface area (Å²) in [6.45, 7) is 1.39. The zero-order chi connectivity index (χ0) is 17.6. The van der Waals surface area contributed by atoms with Crippen molar-refractivity contribution in [3.8, 4) is 0 Å². The summed E-state index contributed by atoms with van der Waals surface area (Å²) in [6.07, 6.45) is 3.94. The monoisotopic (exact) mass is 356 g/mol. The van der Waals surface area contributed by atoms with Gasteiger partial charge < -0.3 is 5.32 Å². The van der Waals surface area contributed by atoms with E-state index in [0.29, 0.717) is 17.7 Å². The summed E-state index contributed by atoms with van der Waals surface area (Å²) in [5.41, 5.74) is 2.12. The van der Waals surface area contributed by atoms with Crippen molar-refractivity contribution >= 4 is 29.1 Å². The average Bonchev–Trinajstić information content (AvgIpc) is 2.87. The van der Waals surface area contributed by atoms with E-state index < -0.39 is 0 Å². The Labute approximate surface area is 152 Å². The molecule has 1 aliphatic rings. The molecule has 0 radical (unpaired) electrons. The second kappa shape index (κ2) is 8.17. The van der Waals surface area contributed by atoms with Crippen molar-refractivity contribution in [2.24, 2.45) is 0 Å². The van der Waals surface area contributed by atoms with Crippen molar-refractivity contribution in [1.82, 2.24) is 4.90 Å². The molecule has 0 saturated carbocycles. The fourth-order valence-electron chi connectivity index (χ4n) is 2.99. The van der Waals surface area contributed by atoms with Gasteiger partial charge in [-0.05, 0) is 49.2 Å². The van der Waals surface area contributed by atoms with Crippen LogP contribution in [0.2, 0.25) is 5.02 Å². The Bertz CT molecular complexity index is 724. The van der Waals surface area contributed by atoms with Crippen LogP contribution in [0.4, 0.5) is 5.69 Å². The van der Waals surface area contributed by atoms with Gasteiger partial charge in [0.15, 0.2) is 0 Å². The second-order valence-corrected chi connectivity index (χ2v) is 6.59. The highest BCUT2D eigenvalue weighted by molar-refractivity contribution is 6.30. The van der Waals surface area contributed by atoms with Gasteiger partial charge in [-0.3, -0.25) is 14.5 Å². The molecule has 0 spiro atoms. The SMILES string of the molecule is O=C1c2ccccc2C(=O)N1CCCCCCNc1ccc(Cl)cc1. The summed E-state index contributed by atoms with van der Waals surface area (Å²) >= 11 is 5.85. The molecule has 0 atom stereocenters. The lowest BCUT2D eigenvalue weighted by molar-refractivity contribution is 0.0651. The number of carbonyl (C=O) groups excluding carboxylic acids is 2. The summed E-state index contributed by atoms with van der Waals surface area (Å²) < 4.78 is 0. The van der Waals surface area contributed by atoms with Crippen LogP contribution in [0.3, 0.4) is 0 Å². The Hall–Kier alpha value is -2.33. The Morgan fingerprint density at radius 1 is 0.800 bits per heavy atom. The molecule has 0 fully saturated rings. The number of nitrogens with one attached hydrogen (secondary N) is 1. The number of halogens is 1. The largest absolute Gasteiger partial charge is 0.385 e. The molecular weight excluding hydrogens is 336 g/mol. The van der Waals surface area contributed by atoms with E-state index in [0.717, 1.165) is 42.9 Å². The number of nitrogens with zero attached hydrogens (tertiary/aromatic N) is 1. The molecule has 1 N–H and O–H groups in total.